The van der Waals surface area contributed by atoms with E-state index in [9.17, 15) is 9.90 Å². The number of hydrogen-bond acceptors (Lipinski definition) is 5. The average molecular weight is 463 g/mol. The van der Waals surface area contributed by atoms with Gasteiger partial charge in [-0.15, -0.1) is 0 Å². The number of carboxylic acid groups (broad SMARTS) is 1. The van der Waals surface area contributed by atoms with E-state index in [1.165, 1.54) is 12.8 Å². The van der Waals surface area contributed by atoms with Crippen molar-refractivity contribution in [1.82, 2.24) is 9.88 Å². The van der Waals surface area contributed by atoms with Gasteiger partial charge in [-0.05, 0) is 74.8 Å². The number of ether oxygens (including phenoxy) is 1. The van der Waals surface area contributed by atoms with Crippen molar-refractivity contribution in [3.05, 3.63) is 35.0 Å². The zero-order chi connectivity index (χ0) is 21.8. The molecule has 1 aromatic heterocycles. The Morgan fingerprint density at radius 1 is 1.35 bits per heavy atom. The smallest absolute Gasteiger partial charge is 0.308 e. The van der Waals surface area contributed by atoms with Crippen LogP contribution in [0.5, 0.6) is 5.75 Å². The number of aromatic nitrogens is 1. The Morgan fingerprint density at radius 2 is 2.19 bits per heavy atom. The number of aryl methyl sites for hydroxylation is 1. The van der Waals surface area contributed by atoms with E-state index in [1.54, 1.807) is 13.3 Å². The van der Waals surface area contributed by atoms with Gasteiger partial charge in [0.15, 0.2) is 0 Å². The van der Waals surface area contributed by atoms with E-state index in [2.05, 4.69) is 9.88 Å². The summed E-state index contributed by atoms with van der Waals surface area (Å²) in [5.41, 5.74) is 1.98. The van der Waals surface area contributed by atoms with Gasteiger partial charge in [0.2, 0.25) is 0 Å². The molecule has 2 fully saturated rings. The molecule has 0 bridgehead atoms. The quantitative estimate of drug-likeness (QED) is 0.527. The lowest BCUT2D eigenvalue weighted by Gasteiger charge is -2.36. The molecular formula is C24H31ClN2O3S. The van der Waals surface area contributed by atoms with Gasteiger partial charge >= 0.3 is 5.97 Å². The summed E-state index contributed by atoms with van der Waals surface area (Å²) >= 11 is 8.53. The lowest BCUT2D eigenvalue weighted by Crippen LogP contribution is -2.44. The van der Waals surface area contributed by atoms with Crippen molar-refractivity contribution in [3.8, 4) is 5.75 Å². The fourth-order valence-corrected chi connectivity index (χ4v) is 6.02. The molecule has 31 heavy (non-hydrogen) atoms. The molecule has 0 amide bonds. The minimum atomic E-state index is -0.651. The summed E-state index contributed by atoms with van der Waals surface area (Å²) in [6, 6.07) is 5.84. The summed E-state index contributed by atoms with van der Waals surface area (Å²) in [7, 11) is 1.65. The van der Waals surface area contributed by atoms with Crippen molar-refractivity contribution in [1.29, 1.82) is 0 Å². The van der Waals surface area contributed by atoms with Crippen molar-refractivity contribution in [2.45, 2.75) is 43.8 Å². The van der Waals surface area contributed by atoms with Gasteiger partial charge in [-0.2, -0.15) is 11.8 Å². The standard InChI is InChI=1S/C24H31ClN2O3S/c1-30-17-5-8-23-20(13-17)19(22(25)14-26-23)4-2-3-16-9-10-27(15-21(16)24(28)29)11-12-31-18-6-7-18/h5,8,13-14,16,18,21H,2-4,6-7,9-12,15H2,1H3,(H,28,29)/t16-,21+/m0/s1. The third kappa shape index (κ3) is 5.85. The average Bonchev–Trinajstić information content (AvgIpc) is 3.60. The first-order chi connectivity index (χ1) is 15.0. The predicted octanol–water partition coefficient (Wildman–Crippen LogP) is 5.14. The maximum absolute atomic E-state index is 12.0. The van der Waals surface area contributed by atoms with Crippen molar-refractivity contribution in [3.63, 3.8) is 0 Å². The van der Waals surface area contributed by atoms with Gasteiger partial charge in [0.05, 0.1) is 23.6 Å². The minimum absolute atomic E-state index is 0.228. The summed E-state index contributed by atoms with van der Waals surface area (Å²) in [4.78, 5) is 18.7. The number of fused-ring (bicyclic) bond motifs is 1. The van der Waals surface area contributed by atoms with E-state index in [1.807, 2.05) is 30.0 Å². The maximum atomic E-state index is 12.0. The molecular weight excluding hydrogens is 432 g/mol. The molecule has 1 saturated carbocycles. The number of benzene rings is 1. The Kier molecular flexibility index (Phi) is 7.62. The van der Waals surface area contributed by atoms with Crippen LogP contribution in [0.2, 0.25) is 5.02 Å². The molecule has 1 aromatic carbocycles. The molecule has 168 valence electrons. The molecule has 0 radical (unpaired) electrons. The molecule has 4 rings (SSSR count). The van der Waals surface area contributed by atoms with Crippen LogP contribution in [0.4, 0.5) is 0 Å². The number of carbonyl (C=O) groups is 1. The summed E-state index contributed by atoms with van der Waals surface area (Å²) in [5, 5.41) is 12.4. The van der Waals surface area contributed by atoms with E-state index in [-0.39, 0.29) is 11.8 Å². The van der Waals surface area contributed by atoms with Gasteiger partial charge in [0.1, 0.15) is 5.75 Å². The zero-order valence-electron chi connectivity index (χ0n) is 18.1. The Hall–Kier alpha value is -1.50. The summed E-state index contributed by atoms with van der Waals surface area (Å²) < 4.78 is 5.37. The molecule has 1 N–H and O–H groups in total. The second-order valence-corrected chi connectivity index (χ2v) is 10.5. The molecule has 1 saturated heterocycles. The maximum Gasteiger partial charge on any atom is 0.308 e. The first kappa shape index (κ1) is 22.7. The van der Waals surface area contributed by atoms with Crippen LogP contribution in [-0.4, -0.2) is 58.7 Å². The number of methoxy groups -OCH3 is 1. The van der Waals surface area contributed by atoms with Gasteiger partial charge in [-0.3, -0.25) is 9.78 Å². The second kappa shape index (κ2) is 10.4. The van der Waals surface area contributed by atoms with Crippen LogP contribution in [0.15, 0.2) is 24.4 Å². The van der Waals surface area contributed by atoms with E-state index >= 15 is 0 Å². The molecule has 2 heterocycles. The van der Waals surface area contributed by atoms with Gasteiger partial charge in [0.25, 0.3) is 0 Å². The SMILES string of the molecule is COc1ccc2ncc(Cl)c(CCC[C@H]3CCN(CCSC4CC4)C[C@H]3C(=O)O)c2c1. The van der Waals surface area contributed by atoms with E-state index < -0.39 is 5.97 Å². The lowest BCUT2D eigenvalue weighted by molar-refractivity contribution is -0.146. The number of halogens is 1. The number of pyridine rings is 1. The largest absolute Gasteiger partial charge is 0.497 e. The highest BCUT2D eigenvalue weighted by atomic mass is 35.5. The number of thioether (sulfide) groups is 1. The Morgan fingerprint density at radius 3 is 2.94 bits per heavy atom. The fourth-order valence-electron chi connectivity index (χ4n) is 4.60. The first-order valence-corrected chi connectivity index (χ1v) is 12.7. The van der Waals surface area contributed by atoms with E-state index in [4.69, 9.17) is 16.3 Å². The van der Waals surface area contributed by atoms with Crippen LogP contribution >= 0.6 is 23.4 Å². The number of rotatable bonds is 10. The Balaban J connectivity index is 1.35. The van der Waals surface area contributed by atoms with Crippen LogP contribution in [0.1, 0.15) is 37.7 Å². The predicted molar refractivity (Wildman–Crippen MR) is 127 cm³/mol. The van der Waals surface area contributed by atoms with Crippen molar-refractivity contribution in [2.75, 3.05) is 32.5 Å². The summed E-state index contributed by atoms with van der Waals surface area (Å²) in [6.07, 6.45) is 8.03. The number of piperidine rings is 1. The molecule has 2 aromatic rings. The van der Waals surface area contributed by atoms with Crippen molar-refractivity contribution in [2.24, 2.45) is 11.8 Å². The Bertz CT molecular complexity index is 921. The van der Waals surface area contributed by atoms with Crippen LogP contribution in [-0.2, 0) is 11.2 Å². The molecule has 1 aliphatic carbocycles. The first-order valence-electron chi connectivity index (χ1n) is 11.2. The van der Waals surface area contributed by atoms with Gasteiger partial charge in [-0.1, -0.05) is 11.6 Å². The van der Waals surface area contributed by atoms with Gasteiger partial charge < -0.3 is 14.7 Å². The molecule has 1 aliphatic heterocycles. The second-order valence-electron chi connectivity index (χ2n) is 8.72. The number of hydrogen-bond donors (Lipinski definition) is 1. The van der Waals surface area contributed by atoms with Crippen LogP contribution in [0.3, 0.4) is 0 Å². The highest BCUT2D eigenvalue weighted by molar-refractivity contribution is 8.00. The highest BCUT2D eigenvalue weighted by Gasteiger charge is 2.34. The third-order valence-electron chi connectivity index (χ3n) is 6.58. The van der Waals surface area contributed by atoms with E-state index in [0.29, 0.717) is 11.6 Å². The zero-order valence-corrected chi connectivity index (χ0v) is 19.6. The van der Waals surface area contributed by atoms with Crippen LogP contribution in [0, 0.1) is 11.8 Å². The lowest BCUT2D eigenvalue weighted by atomic mass is 9.81. The van der Waals surface area contributed by atoms with Gasteiger partial charge in [-0.25, -0.2) is 0 Å². The fraction of sp³-hybridized carbons (Fsp3) is 0.583. The van der Waals surface area contributed by atoms with Crippen LogP contribution in [0.25, 0.3) is 10.9 Å². The van der Waals surface area contributed by atoms with Crippen molar-refractivity contribution >= 4 is 40.2 Å². The number of nitrogens with zero attached hydrogens (tertiary/aromatic N) is 2. The van der Waals surface area contributed by atoms with E-state index in [0.717, 1.165) is 72.0 Å². The van der Waals surface area contributed by atoms with Gasteiger partial charge in [0, 0.05) is 35.7 Å². The molecule has 5 nitrogen and oxygen atoms in total. The monoisotopic (exact) mass is 462 g/mol. The van der Waals surface area contributed by atoms with Crippen LogP contribution < -0.4 is 4.74 Å². The molecule has 7 heteroatoms. The normalized spacial score (nSPS) is 22.0. The summed E-state index contributed by atoms with van der Waals surface area (Å²) in [5.74, 6) is 1.21. The molecule has 2 atom stereocenters. The third-order valence-corrected chi connectivity index (χ3v) is 8.27. The number of aliphatic carboxylic acids is 1. The molecule has 2 aliphatic rings. The topological polar surface area (TPSA) is 62.7 Å². The number of likely N-dealkylation sites (tertiary alicyclic amines) is 1. The van der Waals surface area contributed by atoms with Crippen molar-refractivity contribution < 1.29 is 14.6 Å². The number of carboxylic acids is 1. The summed E-state index contributed by atoms with van der Waals surface area (Å²) in [6.45, 7) is 2.70. The highest BCUT2D eigenvalue weighted by Crippen LogP contribution is 2.35. The Labute approximate surface area is 193 Å². The minimum Gasteiger partial charge on any atom is -0.497 e. The molecule has 0 spiro atoms. The molecule has 0 unspecified atom stereocenters.